The Balaban J connectivity index is 2.31. The minimum absolute atomic E-state index is 0.289. The highest BCUT2D eigenvalue weighted by molar-refractivity contribution is 6.07. The smallest absolute Gasteiger partial charge is 0.225 e. The Hall–Kier alpha value is -2.56. The number of ketones is 1. The number of hydrogen-bond acceptors (Lipinski definition) is 4. The summed E-state index contributed by atoms with van der Waals surface area (Å²) in [6, 6.07) is 10.6. The molecular weight excluding hydrogens is 242 g/mol. The Morgan fingerprint density at radius 1 is 1.16 bits per heavy atom. The summed E-state index contributed by atoms with van der Waals surface area (Å²) in [6.07, 6.45) is -0.289. The fraction of sp³-hybridized carbons (Fsp3) is 0.143. The molecule has 1 heterocycles. The maximum absolute atomic E-state index is 11.8. The maximum atomic E-state index is 11.8. The van der Waals surface area contributed by atoms with Crippen molar-refractivity contribution < 1.29 is 9.59 Å². The second-order valence-corrected chi connectivity index (χ2v) is 4.21. The Morgan fingerprint density at radius 3 is 2.58 bits per heavy atom. The van der Waals surface area contributed by atoms with Crippen molar-refractivity contribution in [3.8, 4) is 11.3 Å². The molecule has 96 valence electrons. The van der Waals surface area contributed by atoms with E-state index in [0.29, 0.717) is 11.3 Å². The molecule has 0 spiro atoms. The van der Waals surface area contributed by atoms with E-state index >= 15 is 0 Å². The van der Waals surface area contributed by atoms with Crippen molar-refractivity contribution in [2.45, 2.75) is 13.3 Å². The van der Waals surface area contributed by atoms with Crippen LogP contribution in [0.4, 0.5) is 0 Å². The van der Waals surface area contributed by atoms with Gasteiger partial charge in [-0.15, -0.1) is 0 Å². The van der Waals surface area contributed by atoms with Crippen LogP contribution in [0.15, 0.2) is 36.4 Å². The molecule has 1 aromatic carbocycles. The molecule has 0 fully saturated rings. The summed E-state index contributed by atoms with van der Waals surface area (Å²) in [6.45, 7) is 1.85. The van der Waals surface area contributed by atoms with Gasteiger partial charge >= 0.3 is 0 Å². The Bertz CT molecular complexity index is 621. The van der Waals surface area contributed by atoms with Gasteiger partial charge in [-0.1, -0.05) is 18.2 Å². The van der Waals surface area contributed by atoms with Gasteiger partial charge in [-0.05, 0) is 25.1 Å². The van der Waals surface area contributed by atoms with Gasteiger partial charge in [0.1, 0.15) is 0 Å². The molecule has 0 bridgehead atoms. The summed E-state index contributed by atoms with van der Waals surface area (Å²) in [4.78, 5) is 22.5. The van der Waals surface area contributed by atoms with Crippen LogP contribution in [0, 0.1) is 6.92 Å². The number of hydrogen-bond donors (Lipinski definition) is 1. The Kier molecular flexibility index (Phi) is 3.66. The van der Waals surface area contributed by atoms with Crippen molar-refractivity contribution in [1.82, 2.24) is 10.2 Å². The molecule has 0 saturated heterocycles. The van der Waals surface area contributed by atoms with Gasteiger partial charge in [0.25, 0.3) is 0 Å². The zero-order chi connectivity index (χ0) is 13.8. The predicted octanol–water partition coefficient (Wildman–Crippen LogP) is 1.51. The Morgan fingerprint density at radius 2 is 1.95 bits per heavy atom. The predicted molar refractivity (Wildman–Crippen MR) is 70.3 cm³/mol. The Labute approximate surface area is 110 Å². The summed E-state index contributed by atoms with van der Waals surface area (Å²) in [5.41, 5.74) is 7.74. The topological polar surface area (TPSA) is 85.9 Å². The van der Waals surface area contributed by atoms with Crippen LogP contribution in [0.25, 0.3) is 11.3 Å². The van der Waals surface area contributed by atoms with Crippen LogP contribution in [0.3, 0.4) is 0 Å². The SMILES string of the molecule is Cc1ccc(-c2cccc(C(=O)CC(N)=O)c2)nn1. The van der Waals surface area contributed by atoms with Crippen LogP contribution in [0.2, 0.25) is 0 Å². The number of nitrogens with two attached hydrogens (primary N) is 1. The molecule has 0 atom stereocenters. The van der Waals surface area contributed by atoms with Crippen molar-refractivity contribution in [2.24, 2.45) is 5.73 Å². The third kappa shape index (κ3) is 3.22. The van der Waals surface area contributed by atoms with Gasteiger partial charge in [0, 0.05) is 11.1 Å². The molecule has 19 heavy (non-hydrogen) atoms. The lowest BCUT2D eigenvalue weighted by molar-refractivity contribution is -0.117. The van der Waals surface area contributed by atoms with Crippen LogP contribution in [0.5, 0.6) is 0 Å². The highest BCUT2D eigenvalue weighted by atomic mass is 16.2. The van der Waals surface area contributed by atoms with Crippen molar-refractivity contribution in [2.75, 3.05) is 0 Å². The third-order valence-corrected chi connectivity index (χ3v) is 2.61. The number of aryl methyl sites for hydroxylation is 1. The molecule has 0 aliphatic heterocycles. The van der Waals surface area contributed by atoms with Gasteiger partial charge in [0.2, 0.25) is 5.91 Å². The standard InChI is InChI=1S/C14H13N3O2/c1-9-5-6-12(17-16-9)10-3-2-4-11(7-10)13(18)8-14(15)19/h2-7H,8H2,1H3,(H2,15,19). The highest BCUT2D eigenvalue weighted by Gasteiger charge is 2.10. The summed E-state index contributed by atoms with van der Waals surface area (Å²) in [5, 5.41) is 8.03. The second-order valence-electron chi connectivity index (χ2n) is 4.21. The number of nitrogens with zero attached hydrogens (tertiary/aromatic N) is 2. The first-order chi connectivity index (χ1) is 9.06. The molecule has 2 aromatic rings. The van der Waals surface area contributed by atoms with Gasteiger partial charge in [-0.2, -0.15) is 10.2 Å². The second kappa shape index (κ2) is 5.39. The lowest BCUT2D eigenvalue weighted by Gasteiger charge is -2.03. The normalized spacial score (nSPS) is 10.2. The average molecular weight is 255 g/mol. The highest BCUT2D eigenvalue weighted by Crippen LogP contribution is 2.18. The number of amides is 1. The molecule has 0 unspecified atom stereocenters. The number of aromatic nitrogens is 2. The van der Waals surface area contributed by atoms with E-state index in [1.165, 1.54) is 0 Å². The minimum atomic E-state index is -0.634. The minimum Gasteiger partial charge on any atom is -0.369 e. The zero-order valence-corrected chi connectivity index (χ0v) is 10.5. The van der Waals surface area contributed by atoms with Gasteiger partial charge < -0.3 is 5.73 Å². The van der Waals surface area contributed by atoms with Gasteiger partial charge in [-0.3, -0.25) is 9.59 Å². The first kappa shape index (κ1) is 12.9. The quantitative estimate of drug-likeness (QED) is 0.662. The van der Waals surface area contributed by atoms with E-state index < -0.39 is 5.91 Å². The van der Waals surface area contributed by atoms with E-state index in [0.717, 1.165) is 11.3 Å². The van der Waals surface area contributed by atoms with E-state index in [4.69, 9.17) is 5.73 Å². The molecule has 0 saturated carbocycles. The molecule has 1 aromatic heterocycles. The fourth-order valence-electron chi connectivity index (χ4n) is 1.67. The summed E-state index contributed by atoms with van der Waals surface area (Å²) < 4.78 is 0. The largest absolute Gasteiger partial charge is 0.369 e. The molecule has 0 aliphatic rings. The maximum Gasteiger partial charge on any atom is 0.225 e. The van der Waals surface area contributed by atoms with Crippen molar-refractivity contribution in [1.29, 1.82) is 0 Å². The molecule has 0 radical (unpaired) electrons. The average Bonchev–Trinajstić information content (AvgIpc) is 2.39. The molecule has 1 amide bonds. The molecular formula is C14H13N3O2. The number of primary amides is 1. The van der Waals surface area contributed by atoms with Crippen LogP contribution >= 0.6 is 0 Å². The summed E-state index contributed by atoms with van der Waals surface area (Å²) in [5.74, 6) is -0.931. The number of Topliss-reactive ketones (excluding diaryl/α,β-unsaturated/α-hetero) is 1. The number of benzene rings is 1. The van der Waals surface area contributed by atoms with E-state index in [9.17, 15) is 9.59 Å². The molecule has 5 heteroatoms. The van der Waals surface area contributed by atoms with Crippen molar-refractivity contribution in [3.63, 3.8) is 0 Å². The first-order valence-corrected chi connectivity index (χ1v) is 5.78. The molecule has 2 rings (SSSR count). The molecule has 0 aliphatic carbocycles. The summed E-state index contributed by atoms with van der Waals surface area (Å²) in [7, 11) is 0. The fourth-order valence-corrected chi connectivity index (χ4v) is 1.67. The van der Waals surface area contributed by atoms with E-state index in [2.05, 4.69) is 10.2 Å². The lowest BCUT2D eigenvalue weighted by Crippen LogP contribution is -2.16. The monoisotopic (exact) mass is 255 g/mol. The number of carbonyl (C=O) groups excluding carboxylic acids is 2. The third-order valence-electron chi connectivity index (χ3n) is 2.61. The first-order valence-electron chi connectivity index (χ1n) is 5.78. The van der Waals surface area contributed by atoms with Crippen molar-refractivity contribution in [3.05, 3.63) is 47.7 Å². The van der Waals surface area contributed by atoms with Crippen LogP contribution in [-0.4, -0.2) is 21.9 Å². The zero-order valence-electron chi connectivity index (χ0n) is 10.5. The van der Waals surface area contributed by atoms with Crippen molar-refractivity contribution >= 4 is 11.7 Å². The molecule has 5 nitrogen and oxygen atoms in total. The van der Waals surface area contributed by atoms with E-state index in [1.807, 2.05) is 25.1 Å². The van der Waals surface area contributed by atoms with Crippen LogP contribution in [-0.2, 0) is 4.79 Å². The van der Waals surface area contributed by atoms with Gasteiger partial charge in [0.05, 0.1) is 17.8 Å². The van der Waals surface area contributed by atoms with Crippen LogP contribution in [0.1, 0.15) is 22.5 Å². The lowest BCUT2D eigenvalue weighted by atomic mass is 10.0. The molecule has 2 N–H and O–H groups in total. The van der Waals surface area contributed by atoms with E-state index in [-0.39, 0.29) is 12.2 Å². The van der Waals surface area contributed by atoms with Crippen LogP contribution < -0.4 is 5.73 Å². The number of rotatable bonds is 4. The summed E-state index contributed by atoms with van der Waals surface area (Å²) >= 11 is 0. The van der Waals surface area contributed by atoms with Gasteiger partial charge in [-0.25, -0.2) is 0 Å². The van der Waals surface area contributed by atoms with E-state index in [1.54, 1.807) is 18.2 Å². The van der Waals surface area contributed by atoms with Gasteiger partial charge in [0.15, 0.2) is 5.78 Å². The number of carbonyl (C=O) groups is 2.